The van der Waals surface area contributed by atoms with Crippen LogP contribution in [-0.2, 0) is 25.1 Å². The molecule has 0 saturated carbocycles. The van der Waals surface area contributed by atoms with E-state index in [-0.39, 0.29) is 41.9 Å². The number of hydrogen-bond donors (Lipinski definition) is 0. The molecular weight excluding hydrogens is 508 g/mol. The molecule has 0 N–H and O–H groups in total. The molecule has 0 amide bonds. The molecule has 232 valence electrons. The van der Waals surface area contributed by atoms with Crippen molar-refractivity contribution < 1.29 is 19.1 Å². The normalized spacial score (nSPS) is 13.2. The van der Waals surface area contributed by atoms with Gasteiger partial charge in [0.05, 0.1) is 18.8 Å². The van der Waals surface area contributed by atoms with E-state index in [2.05, 4.69) is 78.8 Å². The highest BCUT2D eigenvalue weighted by molar-refractivity contribution is 5.90. The first-order chi connectivity index (χ1) is 19.3. The van der Waals surface area contributed by atoms with E-state index in [9.17, 15) is 9.59 Å². The van der Waals surface area contributed by atoms with E-state index >= 15 is 0 Å². The van der Waals surface area contributed by atoms with Crippen LogP contribution in [0.2, 0.25) is 0 Å². The average Bonchev–Trinajstić information content (AvgIpc) is 2.91. The fourth-order valence-corrected chi connectivity index (χ4v) is 4.35. The lowest BCUT2D eigenvalue weighted by Crippen LogP contribution is -2.21. The first kappa shape index (κ1) is 36.7. The zero-order valence-corrected chi connectivity index (χ0v) is 27.7. The molecule has 4 heteroatoms. The van der Waals surface area contributed by atoms with Gasteiger partial charge in [0.2, 0.25) is 0 Å². The summed E-state index contributed by atoms with van der Waals surface area (Å²) in [5.74, 6) is -0.549. The Labute approximate surface area is 252 Å². The van der Waals surface area contributed by atoms with Crippen LogP contribution in [0.15, 0.2) is 42.5 Å². The maximum absolute atomic E-state index is 12.9. The lowest BCUT2D eigenvalue weighted by Gasteiger charge is -2.26. The SMILES string of the molecule is CCCCC/C=C\C/C=C\CCCCCCCC(=O)OCC(C)COC(=O)c1cc(C(C)(C)C)cc(C(C)(C)C)c1. The van der Waals surface area contributed by atoms with Gasteiger partial charge < -0.3 is 9.47 Å². The molecule has 0 radical (unpaired) electrons. The average molecular weight is 569 g/mol. The van der Waals surface area contributed by atoms with Gasteiger partial charge in [0, 0.05) is 12.3 Å². The summed E-state index contributed by atoms with van der Waals surface area (Å²) in [5, 5.41) is 0. The van der Waals surface area contributed by atoms with Crippen LogP contribution in [0.25, 0.3) is 0 Å². The lowest BCUT2D eigenvalue weighted by molar-refractivity contribution is -0.145. The Hall–Kier alpha value is -2.36. The zero-order chi connectivity index (χ0) is 30.7. The van der Waals surface area contributed by atoms with Gasteiger partial charge in [-0.1, -0.05) is 118 Å². The standard InChI is InChI=1S/C37H60O4/c1-9-10-11-12-13-14-15-16-17-18-19-20-21-22-23-24-34(38)40-28-30(2)29-41-35(39)31-25-32(36(3,4)5)27-33(26-31)37(6,7)8/h13-14,16-17,25-27,30H,9-12,15,18-24,28-29H2,1-8H3/b14-13-,17-16-. The Bertz CT molecular complexity index is 910. The first-order valence-corrected chi connectivity index (χ1v) is 16.1. The van der Waals surface area contributed by atoms with Crippen molar-refractivity contribution in [3.05, 3.63) is 59.2 Å². The van der Waals surface area contributed by atoms with E-state index < -0.39 is 0 Å². The second-order valence-electron chi connectivity index (χ2n) is 13.7. The molecule has 1 unspecified atom stereocenters. The third kappa shape index (κ3) is 17.3. The number of allylic oxidation sites excluding steroid dienone is 4. The van der Waals surface area contributed by atoms with Crippen molar-refractivity contribution in [1.29, 1.82) is 0 Å². The Morgan fingerprint density at radius 3 is 1.78 bits per heavy atom. The smallest absolute Gasteiger partial charge is 0.338 e. The maximum Gasteiger partial charge on any atom is 0.338 e. The summed E-state index contributed by atoms with van der Waals surface area (Å²) in [7, 11) is 0. The summed E-state index contributed by atoms with van der Waals surface area (Å²) in [4.78, 5) is 25.0. The van der Waals surface area contributed by atoms with Crippen LogP contribution >= 0.6 is 0 Å². The fourth-order valence-electron chi connectivity index (χ4n) is 4.35. The minimum absolute atomic E-state index is 0.0552. The number of benzene rings is 1. The van der Waals surface area contributed by atoms with Gasteiger partial charge in [-0.3, -0.25) is 4.79 Å². The Balaban J connectivity index is 2.22. The first-order valence-electron chi connectivity index (χ1n) is 16.1. The third-order valence-corrected chi connectivity index (χ3v) is 7.26. The van der Waals surface area contributed by atoms with Crippen molar-refractivity contribution in [1.82, 2.24) is 0 Å². The molecule has 1 aromatic carbocycles. The molecule has 0 fully saturated rings. The predicted molar refractivity (Wildman–Crippen MR) is 174 cm³/mol. The van der Waals surface area contributed by atoms with Crippen LogP contribution in [-0.4, -0.2) is 25.2 Å². The zero-order valence-electron chi connectivity index (χ0n) is 27.7. The molecule has 0 bridgehead atoms. The summed E-state index contributed by atoms with van der Waals surface area (Å²) in [6.45, 7) is 17.6. The second-order valence-corrected chi connectivity index (χ2v) is 13.7. The van der Waals surface area contributed by atoms with Crippen molar-refractivity contribution in [2.75, 3.05) is 13.2 Å². The molecule has 0 aromatic heterocycles. The van der Waals surface area contributed by atoms with E-state index in [1.165, 1.54) is 38.5 Å². The van der Waals surface area contributed by atoms with Gasteiger partial charge in [0.15, 0.2) is 0 Å². The Morgan fingerprint density at radius 1 is 0.707 bits per heavy atom. The highest BCUT2D eigenvalue weighted by Gasteiger charge is 2.23. The molecular formula is C37H60O4. The number of carbonyl (C=O) groups is 2. The monoisotopic (exact) mass is 568 g/mol. The molecule has 0 saturated heterocycles. The molecule has 0 heterocycles. The number of unbranched alkanes of at least 4 members (excludes halogenated alkanes) is 8. The summed E-state index contributed by atoms with van der Waals surface area (Å²) in [5.41, 5.74) is 2.67. The minimum Gasteiger partial charge on any atom is -0.465 e. The summed E-state index contributed by atoms with van der Waals surface area (Å²) in [6, 6.07) is 6.06. The second kappa shape index (κ2) is 19.7. The number of rotatable bonds is 19. The van der Waals surface area contributed by atoms with Gasteiger partial charge >= 0.3 is 11.9 Å². The number of esters is 2. The molecule has 1 atom stereocenters. The van der Waals surface area contributed by atoms with E-state index in [0.717, 1.165) is 43.2 Å². The number of hydrogen-bond acceptors (Lipinski definition) is 4. The van der Waals surface area contributed by atoms with Gasteiger partial charge in [-0.05, 0) is 72.6 Å². The van der Waals surface area contributed by atoms with Crippen molar-refractivity contribution in [3.8, 4) is 0 Å². The van der Waals surface area contributed by atoms with Crippen molar-refractivity contribution in [3.63, 3.8) is 0 Å². The van der Waals surface area contributed by atoms with E-state index in [1.807, 2.05) is 19.1 Å². The van der Waals surface area contributed by atoms with Crippen LogP contribution in [0.3, 0.4) is 0 Å². The van der Waals surface area contributed by atoms with Crippen molar-refractivity contribution in [2.45, 2.75) is 143 Å². The fraction of sp³-hybridized carbons (Fsp3) is 0.676. The Morgan fingerprint density at radius 2 is 1.22 bits per heavy atom. The summed E-state index contributed by atoms with van der Waals surface area (Å²) < 4.78 is 11.1. The van der Waals surface area contributed by atoms with Crippen LogP contribution in [0.1, 0.15) is 154 Å². The van der Waals surface area contributed by atoms with Gasteiger partial charge in [-0.2, -0.15) is 0 Å². The third-order valence-electron chi connectivity index (χ3n) is 7.26. The summed E-state index contributed by atoms with van der Waals surface area (Å²) in [6.07, 6.45) is 22.3. The molecule has 0 aliphatic rings. The van der Waals surface area contributed by atoms with E-state index in [0.29, 0.717) is 12.0 Å². The van der Waals surface area contributed by atoms with Gasteiger partial charge in [0.25, 0.3) is 0 Å². The molecule has 1 rings (SSSR count). The number of carbonyl (C=O) groups excluding carboxylic acids is 2. The molecule has 4 nitrogen and oxygen atoms in total. The van der Waals surface area contributed by atoms with Crippen LogP contribution in [0.5, 0.6) is 0 Å². The molecule has 41 heavy (non-hydrogen) atoms. The van der Waals surface area contributed by atoms with Crippen LogP contribution in [0.4, 0.5) is 0 Å². The largest absolute Gasteiger partial charge is 0.465 e. The molecule has 0 aliphatic heterocycles. The molecule has 0 aliphatic carbocycles. The van der Waals surface area contributed by atoms with Gasteiger partial charge in [-0.25, -0.2) is 4.79 Å². The maximum atomic E-state index is 12.9. The van der Waals surface area contributed by atoms with Crippen LogP contribution < -0.4 is 0 Å². The summed E-state index contributed by atoms with van der Waals surface area (Å²) >= 11 is 0. The lowest BCUT2D eigenvalue weighted by atomic mass is 9.79. The molecule has 1 aromatic rings. The predicted octanol–water partition coefficient (Wildman–Crippen LogP) is 10.4. The highest BCUT2D eigenvalue weighted by atomic mass is 16.5. The van der Waals surface area contributed by atoms with E-state index in [4.69, 9.17) is 9.47 Å². The number of ether oxygens (including phenoxy) is 2. The van der Waals surface area contributed by atoms with Gasteiger partial charge in [-0.15, -0.1) is 0 Å². The van der Waals surface area contributed by atoms with Crippen molar-refractivity contribution >= 4 is 11.9 Å². The van der Waals surface area contributed by atoms with Crippen LogP contribution in [0, 0.1) is 5.92 Å². The van der Waals surface area contributed by atoms with Gasteiger partial charge in [0.1, 0.15) is 0 Å². The Kier molecular flexibility index (Phi) is 17.6. The topological polar surface area (TPSA) is 52.6 Å². The molecule has 0 spiro atoms. The highest BCUT2D eigenvalue weighted by Crippen LogP contribution is 2.30. The minimum atomic E-state index is -0.329. The van der Waals surface area contributed by atoms with Crippen molar-refractivity contribution in [2.24, 2.45) is 5.92 Å². The van der Waals surface area contributed by atoms with E-state index in [1.54, 1.807) is 0 Å². The quantitative estimate of drug-likeness (QED) is 0.0946.